The molecule has 1 atom stereocenters. The normalized spacial score (nSPS) is 18.9. The van der Waals surface area contributed by atoms with Gasteiger partial charge in [0, 0.05) is 37.3 Å². The standard InChI is InChI=1S/C24H30N4O2/c1-3-27-10-12-28(13-11-27)24-21-14-17(2)4-5-19(21)15-22(26-24)18-6-8-20(9-7-18)30-16-23(25)29/h4-9,15,17H,3,10-14,16H2,1-2H3,(H2,25,29). The van der Waals surface area contributed by atoms with Crippen LogP contribution in [0.4, 0.5) is 5.82 Å². The van der Waals surface area contributed by atoms with Crippen molar-refractivity contribution < 1.29 is 9.53 Å². The Morgan fingerprint density at radius 2 is 1.93 bits per heavy atom. The number of benzene rings is 1. The number of hydrogen-bond donors (Lipinski definition) is 1. The smallest absolute Gasteiger partial charge is 0.255 e. The number of fused-ring (bicyclic) bond motifs is 1. The van der Waals surface area contributed by atoms with Gasteiger partial charge >= 0.3 is 0 Å². The predicted molar refractivity (Wildman–Crippen MR) is 121 cm³/mol. The molecular weight excluding hydrogens is 376 g/mol. The monoisotopic (exact) mass is 406 g/mol. The molecular formula is C24H30N4O2. The Morgan fingerprint density at radius 1 is 1.20 bits per heavy atom. The van der Waals surface area contributed by atoms with Crippen molar-refractivity contribution in [2.45, 2.75) is 20.3 Å². The summed E-state index contributed by atoms with van der Waals surface area (Å²) in [7, 11) is 0. The van der Waals surface area contributed by atoms with E-state index in [-0.39, 0.29) is 6.61 Å². The van der Waals surface area contributed by atoms with Gasteiger partial charge in [0.05, 0.1) is 5.69 Å². The van der Waals surface area contributed by atoms with Crippen LogP contribution >= 0.6 is 0 Å². The van der Waals surface area contributed by atoms with Crippen molar-refractivity contribution >= 4 is 17.8 Å². The van der Waals surface area contributed by atoms with E-state index in [1.54, 1.807) is 0 Å². The lowest BCUT2D eigenvalue weighted by Crippen LogP contribution is -2.47. The van der Waals surface area contributed by atoms with Crippen LogP contribution in [0.5, 0.6) is 5.75 Å². The Kier molecular flexibility index (Phi) is 6.04. The van der Waals surface area contributed by atoms with Gasteiger partial charge < -0.3 is 20.3 Å². The number of aromatic nitrogens is 1. The van der Waals surface area contributed by atoms with Crippen LogP contribution in [-0.4, -0.2) is 55.1 Å². The van der Waals surface area contributed by atoms with E-state index in [2.05, 4.69) is 41.9 Å². The van der Waals surface area contributed by atoms with Gasteiger partial charge in [0.2, 0.25) is 0 Å². The number of pyridine rings is 1. The number of carbonyl (C=O) groups is 1. The van der Waals surface area contributed by atoms with Gasteiger partial charge in [0.25, 0.3) is 5.91 Å². The van der Waals surface area contributed by atoms with Crippen molar-refractivity contribution in [3.05, 3.63) is 47.5 Å². The molecule has 2 aliphatic rings. The van der Waals surface area contributed by atoms with Gasteiger partial charge in [-0.15, -0.1) is 0 Å². The molecule has 0 radical (unpaired) electrons. The second kappa shape index (κ2) is 8.88. The molecule has 2 heterocycles. The maximum atomic E-state index is 10.9. The molecule has 1 aliphatic carbocycles. The second-order valence-electron chi connectivity index (χ2n) is 8.14. The van der Waals surface area contributed by atoms with E-state index in [0.29, 0.717) is 11.7 Å². The van der Waals surface area contributed by atoms with Crippen LogP contribution in [0.1, 0.15) is 25.0 Å². The van der Waals surface area contributed by atoms with E-state index in [1.165, 1.54) is 11.1 Å². The van der Waals surface area contributed by atoms with Crippen molar-refractivity contribution in [2.75, 3.05) is 44.2 Å². The molecule has 1 amide bonds. The molecule has 1 aromatic carbocycles. The summed E-state index contributed by atoms with van der Waals surface area (Å²) >= 11 is 0. The minimum Gasteiger partial charge on any atom is -0.484 e. The van der Waals surface area contributed by atoms with Crippen LogP contribution in [0.15, 0.2) is 36.4 Å². The van der Waals surface area contributed by atoms with Gasteiger partial charge in [-0.1, -0.05) is 26.0 Å². The molecule has 1 unspecified atom stereocenters. The van der Waals surface area contributed by atoms with Gasteiger partial charge in [0.15, 0.2) is 6.61 Å². The summed E-state index contributed by atoms with van der Waals surface area (Å²) in [6.07, 6.45) is 5.55. The number of primary amides is 1. The molecule has 0 bridgehead atoms. The number of anilines is 1. The fourth-order valence-electron chi connectivity index (χ4n) is 4.15. The minimum absolute atomic E-state index is 0.118. The van der Waals surface area contributed by atoms with E-state index in [1.807, 2.05) is 24.3 Å². The molecule has 1 fully saturated rings. The Hall–Kier alpha value is -2.86. The zero-order valence-electron chi connectivity index (χ0n) is 17.8. The molecule has 1 aromatic heterocycles. The largest absolute Gasteiger partial charge is 0.484 e. The summed E-state index contributed by atoms with van der Waals surface area (Å²) in [6, 6.07) is 9.87. The first-order chi connectivity index (χ1) is 14.5. The molecule has 0 saturated carbocycles. The average molecular weight is 407 g/mol. The number of allylic oxidation sites excluding steroid dienone is 1. The van der Waals surface area contributed by atoms with E-state index >= 15 is 0 Å². The first kappa shape index (κ1) is 20.4. The number of ether oxygens (including phenoxy) is 1. The predicted octanol–water partition coefficient (Wildman–Crippen LogP) is 2.96. The lowest BCUT2D eigenvalue weighted by molar-refractivity contribution is -0.119. The average Bonchev–Trinajstić information content (AvgIpc) is 2.77. The van der Waals surface area contributed by atoms with Crippen molar-refractivity contribution in [2.24, 2.45) is 11.7 Å². The molecule has 30 heavy (non-hydrogen) atoms. The number of nitrogens with zero attached hydrogens (tertiary/aromatic N) is 3. The first-order valence-corrected chi connectivity index (χ1v) is 10.7. The fourth-order valence-corrected chi connectivity index (χ4v) is 4.15. The molecule has 1 aliphatic heterocycles. The number of piperazine rings is 1. The third-order valence-electron chi connectivity index (χ3n) is 5.92. The summed E-state index contributed by atoms with van der Waals surface area (Å²) in [5, 5.41) is 0. The SMILES string of the molecule is CCN1CCN(c2nc(-c3ccc(OCC(N)=O)cc3)cc3c2CC(C)C=C3)CC1. The summed E-state index contributed by atoms with van der Waals surface area (Å²) in [5.41, 5.74) is 9.77. The van der Waals surface area contributed by atoms with Crippen molar-refractivity contribution in [1.82, 2.24) is 9.88 Å². The Bertz CT molecular complexity index is 931. The molecule has 2 N–H and O–H groups in total. The molecule has 1 saturated heterocycles. The number of likely N-dealkylation sites (N-methyl/N-ethyl adjacent to an activating group) is 1. The van der Waals surface area contributed by atoms with Crippen LogP contribution in [0.25, 0.3) is 17.3 Å². The number of hydrogen-bond acceptors (Lipinski definition) is 5. The molecule has 6 nitrogen and oxygen atoms in total. The van der Waals surface area contributed by atoms with E-state index in [4.69, 9.17) is 15.5 Å². The fraction of sp³-hybridized carbons (Fsp3) is 0.417. The van der Waals surface area contributed by atoms with Crippen LogP contribution < -0.4 is 15.4 Å². The number of amides is 1. The summed E-state index contributed by atoms with van der Waals surface area (Å²) in [5.74, 6) is 1.80. The van der Waals surface area contributed by atoms with Gasteiger partial charge in [0.1, 0.15) is 11.6 Å². The van der Waals surface area contributed by atoms with Crippen LogP contribution in [-0.2, 0) is 11.2 Å². The highest BCUT2D eigenvalue weighted by Crippen LogP contribution is 2.34. The van der Waals surface area contributed by atoms with E-state index in [9.17, 15) is 4.79 Å². The van der Waals surface area contributed by atoms with Gasteiger partial charge in [-0.3, -0.25) is 4.79 Å². The van der Waals surface area contributed by atoms with Crippen LogP contribution in [0, 0.1) is 5.92 Å². The lowest BCUT2D eigenvalue weighted by atomic mass is 9.90. The topological polar surface area (TPSA) is 71.7 Å². The Morgan fingerprint density at radius 3 is 2.60 bits per heavy atom. The summed E-state index contributed by atoms with van der Waals surface area (Å²) < 4.78 is 5.38. The maximum absolute atomic E-state index is 10.9. The van der Waals surface area contributed by atoms with Gasteiger partial charge in [-0.25, -0.2) is 4.98 Å². The molecule has 4 rings (SSSR count). The van der Waals surface area contributed by atoms with Gasteiger partial charge in [-0.05, 0) is 54.8 Å². The highest BCUT2D eigenvalue weighted by atomic mass is 16.5. The number of nitrogens with two attached hydrogens (primary N) is 1. The second-order valence-corrected chi connectivity index (χ2v) is 8.14. The van der Waals surface area contributed by atoms with E-state index in [0.717, 1.165) is 56.2 Å². The first-order valence-electron chi connectivity index (χ1n) is 10.7. The maximum Gasteiger partial charge on any atom is 0.255 e. The third-order valence-corrected chi connectivity index (χ3v) is 5.92. The zero-order chi connectivity index (χ0) is 21.1. The minimum atomic E-state index is -0.482. The van der Waals surface area contributed by atoms with Crippen molar-refractivity contribution in [3.8, 4) is 17.0 Å². The third kappa shape index (κ3) is 4.49. The molecule has 6 heteroatoms. The van der Waals surface area contributed by atoms with Crippen LogP contribution in [0.3, 0.4) is 0 Å². The molecule has 0 spiro atoms. The van der Waals surface area contributed by atoms with Crippen LogP contribution in [0.2, 0.25) is 0 Å². The van der Waals surface area contributed by atoms with Gasteiger partial charge in [-0.2, -0.15) is 0 Å². The highest BCUT2D eigenvalue weighted by Gasteiger charge is 2.24. The highest BCUT2D eigenvalue weighted by molar-refractivity contribution is 5.75. The quantitative estimate of drug-likeness (QED) is 0.799. The van der Waals surface area contributed by atoms with E-state index < -0.39 is 5.91 Å². The molecule has 158 valence electrons. The van der Waals surface area contributed by atoms with Crippen molar-refractivity contribution in [3.63, 3.8) is 0 Å². The summed E-state index contributed by atoms with van der Waals surface area (Å²) in [4.78, 5) is 21.0. The lowest BCUT2D eigenvalue weighted by Gasteiger charge is -2.36. The van der Waals surface area contributed by atoms with Crippen molar-refractivity contribution in [1.29, 1.82) is 0 Å². The summed E-state index contributed by atoms with van der Waals surface area (Å²) in [6.45, 7) is 9.64. The number of rotatable bonds is 6. The zero-order valence-corrected chi connectivity index (χ0v) is 17.8. The number of carbonyl (C=O) groups excluding carboxylic acids is 1. The Balaban J connectivity index is 1.65. The molecule has 2 aromatic rings. The Labute approximate surface area is 178 Å².